The van der Waals surface area contributed by atoms with Crippen LogP contribution in [0.25, 0.3) is 0 Å². The second-order valence-electron chi connectivity index (χ2n) is 8.34. The summed E-state index contributed by atoms with van der Waals surface area (Å²) in [4.78, 5) is 13.1. The SMILES string of the molecule is Br.CCCCCCCCCCCCCCCC(C)N(C)CCC=C(C)C(=O)O. The third kappa shape index (κ3) is 19.0. The normalized spacial score (nSPS) is 12.8. The van der Waals surface area contributed by atoms with Crippen molar-refractivity contribution >= 4 is 23.0 Å². The summed E-state index contributed by atoms with van der Waals surface area (Å²) in [6.07, 6.45) is 22.1. The molecule has 0 aliphatic rings. The molecule has 0 spiro atoms. The second-order valence-corrected chi connectivity index (χ2v) is 8.34. The van der Waals surface area contributed by atoms with Crippen LogP contribution in [-0.4, -0.2) is 35.6 Å². The van der Waals surface area contributed by atoms with Crippen LogP contribution in [0.2, 0.25) is 0 Å². The summed E-state index contributed by atoms with van der Waals surface area (Å²) >= 11 is 0. The van der Waals surface area contributed by atoms with Crippen molar-refractivity contribution in [2.45, 2.75) is 123 Å². The van der Waals surface area contributed by atoms with Crippen LogP contribution in [0.5, 0.6) is 0 Å². The van der Waals surface area contributed by atoms with Gasteiger partial charge in [-0.25, -0.2) is 4.79 Å². The summed E-state index contributed by atoms with van der Waals surface area (Å²) in [5.41, 5.74) is 0.451. The van der Waals surface area contributed by atoms with E-state index in [0.717, 1.165) is 13.0 Å². The topological polar surface area (TPSA) is 40.5 Å². The van der Waals surface area contributed by atoms with Crippen molar-refractivity contribution in [2.75, 3.05) is 13.6 Å². The van der Waals surface area contributed by atoms with Gasteiger partial charge in [0.1, 0.15) is 0 Å². The molecule has 1 unspecified atom stereocenters. The third-order valence-corrected chi connectivity index (χ3v) is 5.75. The van der Waals surface area contributed by atoms with E-state index in [1.165, 1.54) is 89.9 Å². The average molecular weight is 463 g/mol. The van der Waals surface area contributed by atoms with E-state index in [4.69, 9.17) is 5.11 Å². The quantitative estimate of drug-likeness (QED) is 0.157. The van der Waals surface area contributed by atoms with Crippen LogP contribution in [0.3, 0.4) is 0 Å². The van der Waals surface area contributed by atoms with Crippen LogP contribution in [0.1, 0.15) is 117 Å². The van der Waals surface area contributed by atoms with Gasteiger partial charge < -0.3 is 10.0 Å². The first kappa shape index (κ1) is 29.8. The van der Waals surface area contributed by atoms with Crippen molar-refractivity contribution in [2.24, 2.45) is 0 Å². The molecule has 0 bridgehead atoms. The lowest BCUT2D eigenvalue weighted by atomic mass is 10.0. The Morgan fingerprint density at radius 1 is 0.893 bits per heavy atom. The number of carboxylic acid groups (broad SMARTS) is 1. The molecule has 0 rings (SSSR count). The first-order valence-electron chi connectivity index (χ1n) is 11.6. The number of hydrogen-bond acceptors (Lipinski definition) is 2. The number of halogens is 1. The molecule has 3 nitrogen and oxygen atoms in total. The number of carboxylic acids is 1. The molecule has 0 amide bonds. The first-order valence-corrected chi connectivity index (χ1v) is 11.6. The van der Waals surface area contributed by atoms with Gasteiger partial charge in [0.15, 0.2) is 0 Å². The van der Waals surface area contributed by atoms with E-state index < -0.39 is 5.97 Å². The lowest BCUT2D eigenvalue weighted by Crippen LogP contribution is -2.29. The van der Waals surface area contributed by atoms with Crippen molar-refractivity contribution in [3.05, 3.63) is 11.6 Å². The molecule has 1 atom stereocenters. The van der Waals surface area contributed by atoms with Crippen molar-refractivity contribution in [1.29, 1.82) is 0 Å². The number of rotatable bonds is 19. The van der Waals surface area contributed by atoms with Gasteiger partial charge >= 0.3 is 5.97 Å². The molecule has 4 heteroatoms. The highest BCUT2D eigenvalue weighted by atomic mass is 79.9. The van der Waals surface area contributed by atoms with Crippen molar-refractivity contribution in [3.63, 3.8) is 0 Å². The van der Waals surface area contributed by atoms with E-state index in [2.05, 4.69) is 25.8 Å². The summed E-state index contributed by atoms with van der Waals surface area (Å²) in [6.45, 7) is 7.17. The molecule has 0 aromatic rings. The Morgan fingerprint density at radius 2 is 1.32 bits per heavy atom. The van der Waals surface area contributed by atoms with Crippen LogP contribution in [0.15, 0.2) is 11.6 Å². The molecule has 0 aromatic heterocycles. The standard InChI is InChI=1S/C24H47NO2.BrH/c1-5-6-7-8-9-10-11-12-13-14-15-16-17-20-23(3)25(4)21-18-19-22(2)24(26)27;/h19,23H,5-18,20-21H2,1-4H3,(H,26,27);1H. The Bertz CT molecular complexity index is 385. The zero-order valence-electron chi connectivity index (χ0n) is 19.2. The predicted molar refractivity (Wildman–Crippen MR) is 129 cm³/mol. The number of carbonyl (C=O) groups is 1. The van der Waals surface area contributed by atoms with Crippen molar-refractivity contribution < 1.29 is 9.90 Å². The molecule has 0 aromatic carbocycles. The molecule has 168 valence electrons. The van der Waals surface area contributed by atoms with Crippen LogP contribution >= 0.6 is 17.0 Å². The van der Waals surface area contributed by atoms with E-state index in [0.29, 0.717) is 11.6 Å². The molecule has 28 heavy (non-hydrogen) atoms. The van der Waals surface area contributed by atoms with Gasteiger partial charge in [0.25, 0.3) is 0 Å². The van der Waals surface area contributed by atoms with Gasteiger partial charge in [-0.3, -0.25) is 0 Å². The Morgan fingerprint density at radius 3 is 1.75 bits per heavy atom. The summed E-state index contributed by atoms with van der Waals surface area (Å²) in [6, 6.07) is 0.580. The van der Waals surface area contributed by atoms with Crippen LogP contribution < -0.4 is 0 Å². The highest BCUT2D eigenvalue weighted by molar-refractivity contribution is 8.93. The number of aliphatic carboxylic acids is 1. The van der Waals surface area contributed by atoms with E-state index in [9.17, 15) is 4.79 Å². The molecule has 0 aliphatic carbocycles. The van der Waals surface area contributed by atoms with Crippen molar-refractivity contribution in [1.82, 2.24) is 4.90 Å². The molecule has 0 saturated carbocycles. The van der Waals surface area contributed by atoms with Gasteiger partial charge in [-0.15, -0.1) is 17.0 Å². The Hall–Kier alpha value is -0.350. The van der Waals surface area contributed by atoms with Gasteiger partial charge in [-0.05, 0) is 33.7 Å². The molecule has 0 saturated heterocycles. The Kier molecular flexibility index (Phi) is 22.8. The summed E-state index contributed by atoms with van der Waals surface area (Å²) in [5.74, 6) is -0.808. The van der Waals surface area contributed by atoms with Gasteiger partial charge in [-0.1, -0.05) is 96.5 Å². The minimum absolute atomic E-state index is 0. The van der Waals surface area contributed by atoms with Gasteiger partial charge in [0.05, 0.1) is 0 Å². The van der Waals surface area contributed by atoms with E-state index in [1.54, 1.807) is 6.92 Å². The largest absolute Gasteiger partial charge is 0.478 e. The smallest absolute Gasteiger partial charge is 0.330 e. The van der Waals surface area contributed by atoms with Gasteiger partial charge in [0, 0.05) is 18.2 Å². The average Bonchev–Trinajstić information content (AvgIpc) is 2.64. The summed E-state index contributed by atoms with van der Waals surface area (Å²) in [5, 5.41) is 8.86. The fourth-order valence-electron chi connectivity index (χ4n) is 3.47. The lowest BCUT2D eigenvalue weighted by molar-refractivity contribution is -0.132. The Labute approximate surface area is 186 Å². The number of unbranched alkanes of at least 4 members (excludes halogenated alkanes) is 12. The molecule has 0 radical (unpaired) electrons. The fourth-order valence-corrected chi connectivity index (χ4v) is 3.47. The molecule has 0 aliphatic heterocycles. The van der Waals surface area contributed by atoms with Gasteiger partial charge in [-0.2, -0.15) is 0 Å². The molecule has 0 heterocycles. The fraction of sp³-hybridized carbons (Fsp3) is 0.875. The van der Waals surface area contributed by atoms with E-state index >= 15 is 0 Å². The Balaban J connectivity index is 0. The highest BCUT2D eigenvalue weighted by Crippen LogP contribution is 2.14. The maximum absolute atomic E-state index is 10.8. The summed E-state index contributed by atoms with van der Waals surface area (Å²) in [7, 11) is 2.15. The van der Waals surface area contributed by atoms with Crippen LogP contribution in [-0.2, 0) is 4.79 Å². The van der Waals surface area contributed by atoms with Crippen LogP contribution in [0, 0.1) is 0 Å². The molecule has 1 N–H and O–H groups in total. The van der Waals surface area contributed by atoms with E-state index in [-0.39, 0.29) is 17.0 Å². The van der Waals surface area contributed by atoms with Crippen molar-refractivity contribution in [3.8, 4) is 0 Å². The predicted octanol–water partition coefficient (Wildman–Crippen LogP) is 7.79. The third-order valence-electron chi connectivity index (χ3n) is 5.75. The zero-order chi connectivity index (χ0) is 20.3. The molecule has 0 fully saturated rings. The minimum Gasteiger partial charge on any atom is -0.478 e. The molecular weight excluding hydrogens is 414 g/mol. The van der Waals surface area contributed by atoms with Crippen LogP contribution in [0.4, 0.5) is 0 Å². The highest BCUT2D eigenvalue weighted by Gasteiger charge is 2.08. The number of hydrogen-bond donors (Lipinski definition) is 1. The minimum atomic E-state index is -0.808. The molecular formula is C24H48BrNO2. The van der Waals surface area contributed by atoms with E-state index in [1.807, 2.05) is 6.08 Å². The first-order chi connectivity index (χ1) is 13.0. The zero-order valence-corrected chi connectivity index (χ0v) is 20.9. The monoisotopic (exact) mass is 461 g/mol. The summed E-state index contributed by atoms with van der Waals surface area (Å²) < 4.78 is 0. The van der Waals surface area contributed by atoms with Gasteiger partial charge in [0.2, 0.25) is 0 Å². The maximum Gasteiger partial charge on any atom is 0.330 e. The number of nitrogens with zero attached hydrogens (tertiary/aromatic N) is 1. The second kappa shape index (κ2) is 21.4. The lowest BCUT2D eigenvalue weighted by Gasteiger charge is -2.24. The maximum atomic E-state index is 10.8.